The Kier molecular flexibility index (Phi) is 4.41. The van der Waals surface area contributed by atoms with Crippen molar-refractivity contribution in [3.05, 3.63) is 47.2 Å². The Labute approximate surface area is 151 Å². The van der Waals surface area contributed by atoms with Gasteiger partial charge in [0.15, 0.2) is 5.69 Å². The van der Waals surface area contributed by atoms with E-state index in [2.05, 4.69) is 25.8 Å². The van der Waals surface area contributed by atoms with Gasteiger partial charge in [-0.2, -0.15) is 0 Å². The highest BCUT2D eigenvalue weighted by Gasteiger charge is 2.46. The van der Waals surface area contributed by atoms with Crippen LogP contribution in [0, 0.1) is 5.92 Å². The lowest BCUT2D eigenvalue weighted by molar-refractivity contribution is 0.0945. The highest BCUT2D eigenvalue weighted by atomic mass is 32.1. The maximum Gasteiger partial charge on any atom is 0.273 e. The van der Waals surface area contributed by atoms with Crippen LogP contribution in [-0.2, 0) is 6.54 Å². The molecule has 0 aliphatic heterocycles. The van der Waals surface area contributed by atoms with Gasteiger partial charge in [-0.25, -0.2) is 13.5 Å². The number of carbonyl (C=O) groups excluding carboxylic acids is 1. The first kappa shape index (κ1) is 16.7. The van der Waals surface area contributed by atoms with Crippen molar-refractivity contribution in [1.29, 1.82) is 0 Å². The number of carbonyl (C=O) groups is 1. The van der Waals surface area contributed by atoms with E-state index in [1.807, 2.05) is 30.3 Å². The first-order chi connectivity index (χ1) is 12.6. The third-order valence-electron chi connectivity index (χ3n) is 4.10. The van der Waals surface area contributed by atoms with Crippen LogP contribution >= 0.6 is 11.3 Å². The molecule has 1 saturated carbocycles. The minimum Gasteiger partial charge on any atom is -0.344 e. The van der Waals surface area contributed by atoms with Crippen LogP contribution in [0.1, 0.15) is 28.0 Å². The van der Waals surface area contributed by atoms with Crippen molar-refractivity contribution < 1.29 is 13.6 Å². The molecule has 1 aliphatic rings. The van der Waals surface area contributed by atoms with Crippen LogP contribution in [0.2, 0.25) is 0 Å². The molecule has 1 aromatic carbocycles. The van der Waals surface area contributed by atoms with E-state index in [1.165, 1.54) is 22.2 Å². The maximum atomic E-state index is 12.6. The number of rotatable bonds is 6. The summed E-state index contributed by atoms with van der Waals surface area (Å²) in [6.07, 6.45) is -0.620. The normalized spacial score (nSPS) is 18.9. The van der Waals surface area contributed by atoms with Crippen LogP contribution in [0.3, 0.4) is 0 Å². The number of hydrogen-bond donors (Lipinski definition) is 1. The molecule has 7 nitrogen and oxygen atoms in total. The van der Waals surface area contributed by atoms with Gasteiger partial charge < -0.3 is 5.32 Å². The van der Waals surface area contributed by atoms with E-state index in [1.54, 1.807) is 0 Å². The summed E-state index contributed by atoms with van der Waals surface area (Å²) < 4.78 is 26.5. The number of hydrogen-bond acceptors (Lipinski definition) is 6. The van der Waals surface area contributed by atoms with Gasteiger partial charge in [0, 0.05) is 11.5 Å². The van der Waals surface area contributed by atoms with E-state index in [0.29, 0.717) is 11.4 Å². The second-order valence-corrected chi connectivity index (χ2v) is 7.00. The molecule has 1 unspecified atom stereocenters. The molecule has 1 amide bonds. The summed E-state index contributed by atoms with van der Waals surface area (Å²) in [5.41, 5.74) is 1.06. The lowest BCUT2D eigenvalue weighted by Gasteiger charge is -1.99. The predicted octanol–water partition coefficient (Wildman–Crippen LogP) is 2.55. The Balaban J connectivity index is 1.35. The first-order valence-electron chi connectivity index (χ1n) is 7.98. The minimum atomic E-state index is -2.38. The Bertz CT molecular complexity index is 912. The Morgan fingerprint density at radius 1 is 1.27 bits per heavy atom. The number of nitrogens with zero attached hydrogens (tertiary/aromatic N) is 5. The molecule has 1 N–H and O–H groups in total. The zero-order valence-electron chi connectivity index (χ0n) is 13.4. The van der Waals surface area contributed by atoms with E-state index in [9.17, 15) is 13.6 Å². The van der Waals surface area contributed by atoms with Crippen LogP contribution in [-0.4, -0.2) is 37.5 Å². The quantitative estimate of drug-likeness (QED) is 0.715. The molecular weight excluding hydrogens is 362 g/mol. The van der Waals surface area contributed by atoms with Gasteiger partial charge in [-0.15, -0.1) is 15.3 Å². The third kappa shape index (κ3) is 3.45. The molecule has 2 atom stereocenters. The van der Waals surface area contributed by atoms with E-state index < -0.39 is 18.3 Å². The number of nitrogens with one attached hydrogen (secondary N) is 1. The molecule has 3 aromatic rings. The average Bonchev–Trinajstić information content (AvgIpc) is 3.08. The highest BCUT2D eigenvalue weighted by Crippen LogP contribution is 2.46. The van der Waals surface area contributed by atoms with Crippen molar-refractivity contribution in [1.82, 2.24) is 30.5 Å². The largest absolute Gasteiger partial charge is 0.344 e. The Morgan fingerprint density at radius 2 is 2.08 bits per heavy atom. The van der Waals surface area contributed by atoms with Crippen LogP contribution in [0.15, 0.2) is 36.5 Å². The zero-order chi connectivity index (χ0) is 18.1. The molecule has 2 heterocycles. The molecule has 4 rings (SSSR count). The molecule has 0 spiro atoms. The van der Waals surface area contributed by atoms with Crippen molar-refractivity contribution in [3.8, 4) is 10.6 Å². The van der Waals surface area contributed by atoms with Crippen molar-refractivity contribution in [2.45, 2.75) is 25.4 Å². The van der Waals surface area contributed by atoms with Gasteiger partial charge >= 0.3 is 0 Å². The van der Waals surface area contributed by atoms with Crippen LogP contribution in [0.5, 0.6) is 0 Å². The van der Waals surface area contributed by atoms with E-state index in [4.69, 9.17) is 0 Å². The number of alkyl halides is 2. The topological polar surface area (TPSA) is 85.6 Å². The van der Waals surface area contributed by atoms with Crippen molar-refractivity contribution in [2.24, 2.45) is 5.92 Å². The van der Waals surface area contributed by atoms with Crippen molar-refractivity contribution in [3.63, 3.8) is 0 Å². The summed E-state index contributed by atoms with van der Waals surface area (Å²) in [7, 11) is 0. The SMILES string of the molecule is O=C(NCc1nnc(-c2ccccc2)s1)c1cn(C2C[C@@H]2C(F)F)nn1. The molecular formula is C16H14F2N6OS. The molecule has 10 heteroatoms. The van der Waals surface area contributed by atoms with Gasteiger partial charge in [-0.05, 0) is 6.42 Å². The monoisotopic (exact) mass is 376 g/mol. The van der Waals surface area contributed by atoms with Gasteiger partial charge in [0.25, 0.3) is 5.91 Å². The van der Waals surface area contributed by atoms with Crippen LogP contribution in [0.25, 0.3) is 10.6 Å². The van der Waals surface area contributed by atoms with Crippen LogP contribution in [0.4, 0.5) is 8.78 Å². The number of aromatic nitrogens is 5. The Hall–Kier alpha value is -2.75. The number of amides is 1. The molecule has 1 aliphatic carbocycles. The predicted molar refractivity (Wildman–Crippen MR) is 89.7 cm³/mol. The molecule has 1 fully saturated rings. The summed E-state index contributed by atoms with van der Waals surface area (Å²) in [5.74, 6) is -1.13. The summed E-state index contributed by atoms with van der Waals surface area (Å²) in [5, 5.41) is 19.8. The van der Waals surface area contributed by atoms with E-state index in [0.717, 1.165) is 10.6 Å². The number of halogens is 2. The lowest BCUT2D eigenvalue weighted by atomic mass is 10.2. The van der Waals surface area contributed by atoms with E-state index >= 15 is 0 Å². The second kappa shape index (κ2) is 6.87. The average molecular weight is 376 g/mol. The molecule has 0 saturated heterocycles. The standard InChI is InChI=1S/C16H14F2N6OS/c17-14(18)10-6-12(10)24-8-11(20-23-24)15(25)19-7-13-21-22-16(26-13)9-4-2-1-3-5-9/h1-5,8,10,12,14H,6-7H2,(H,19,25)/t10-,12?/m0/s1. The molecule has 0 bridgehead atoms. The summed E-state index contributed by atoms with van der Waals surface area (Å²) >= 11 is 1.39. The van der Waals surface area contributed by atoms with E-state index in [-0.39, 0.29) is 18.3 Å². The highest BCUT2D eigenvalue weighted by molar-refractivity contribution is 7.14. The van der Waals surface area contributed by atoms with Gasteiger partial charge in [-0.3, -0.25) is 4.79 Å². The van der Waals surface area contributed by atoms with Gasteiger partial charge in [-0.1, -0.05) is 46.9 Å². The van der Waals surface area contributed by atoms with Crippen molar-refractivity contribution >= 4 is 17.2 Å². The fraction of sp³-hybridized carbons (Fsp3) is 0.312. The number of benzene rings is 1. The lowest BCUT2D eigenvalue weighted by Crippen LogP contribution is -2.23. The first-order valence-corrected chi connectivity index (χ1v) is 8.79. The molecule has 0 radical (unpaired) electrons. The van der Waals surface area contributed by atoms with Gasteiger partial charge in [0.05, 0.1) is 18.8 Å². The molecule has 134 valence electrons. The summed E-state index contributed by atoms with van der Waals surface area (Å²) in [4.78, 5) is 12.1. The summed E-state index contributed by atoms with van der Waals surface area (Å²) in [6, 6.07) is 9.25. The molecule has 26 heavy (non-hydrogen) atoms. The second-order valence-electron chi connectivity index (χ2n) is 5.93. The van der Waals surface area contributed by atoms with Gasteiger partial charge in [0.2, 0.25) is 6.43 Å². The zero-order valence-corrected chi connectivity index (χ0v) is 14.2. The third-order valence-corrected chi connectivity index (χ3v) is 5.07. The minimum absolute atomic E-state index is 0.0951. The fourth-order valence-electron chi connectivity index (χ4n) is 2.59. The maximum absolute atomic E-state index is 12.6. The molecule has 2 aromatic heterocycles. The Morgan fingerprint density at radius 3 is 2.81 bits per heavy atom. The van der Waals surface area contributed by atoms with Crippen LogP contribution < -0.4 is 5.32 Å². The van der Waals surface area contributed by atoms with Crippen molar-refractivity contribution in [2.75, 3.05) is 0 Å². The summed E-state index contributed by atoms with van der Waals surface area (Å²) in [6.45, 7) is 0.208. The van der Waals surface area contributed by atoms with Gasteiger partial charge in [0.1, 0.15) is 10.0 Å². The smallest absolute Gasteiger partial charge is 0.273 e. The fourth-order valence-corrected chi connectivity index (χ4v) is 3.37.